The number of ketones is 6. The standard InChI is InChI=1S/C20H23ClO7S.C19H20F3NO5/c1-29(25,26)17-8-7-13(20(24)18-15(22)5-2-6-16(18)23)19(21)14(17)11-27-10-12-4-3-9-28-12;1-27-6-7-28-9-13-12(4-5-14(23-13)19(20,21)22)18(26)15-16(24)10-2-3-11(8-10)17(15)25/h7-8,12,18H,2-6,9-11H2,1H3;4-5,10-11,15H,2-3,6-9H2,1H3. The van der Waals surface area contributed by atoms with Gasteiger partial charge in [0.2, 0.25) is 0 Å². The highest BCUT2D eigenvalue weighted by molar-refractivity contribution is 7.90. The van der Waals surface area contributed by atoms with E-state index in [9.17, 15) is 50.4 Å². The van der Waals surface area contributed by atoms with Gasteiger partial charge in [0.05, 0.1) is 54.8 Å². The zero-order valence-corrected chi connectivity index (χ0v) is 32.9. The van der Waals surface area contributed by atoms with Gasteiger partial charge in [0.1, 0.15) is 17.5 Å². The number of pyridine rings is 1. The Balaban J connectivity index is 0.000000218. The van der Waals surface area contributed by atoms with Crippen molar-refractivity contribution in [1.29, 1.82) is 0 Å². The number of sulfone groups is 1. The Labute approximate surface area is 332 Å². The molecule has 3 unspecified atom stereocenters. The van der Waals surface area contributed by atoms with Crippen molar-refractivity contribution in [1.82, 2.24) is 4.98 Å². The van der Waals surface area contributed by atoms with Crippen LogP contribution >= 0.6 is 11.6 Å². The number of rotatable bonds is 14. The third-order valence-electron chi connectivity index (χ3n) is 10.5. The fourth-order valence-corrected chi connectivity index (χ4v) is 8.82. The molecule has 3 saturated carbocycles. The first kappa shape index (κ1) is 44.4. The molecular formula is C39H43ClF3NO12S. The molecule has 2 heterocycles. The first-order valence-corrected chi connectivity index (χ1v) is 20.8. The summed E-state index contributed by atoms with van der Waals surface area (Å²) in [5.74, 6) is -6.70. The van der Waals surface area contributed by atoms with Gasteiger partial charge in [0.15, 0.2) is 44.5 Å². The van der Waals surface area contributed by atoms with Crippen LogP contribution in [0.2, 0.25) is 5.02 Å². The molecule has 310 valence electrons. The molecule has 1 aromatic heterocycles. The third kappa shape index (κ3) is 10.5. The van der Waals surface area contributed by atoms with E-state index in [2.05, 4.69) is 4.98 Å². The van der Waals surface area contributed by atoms with Crippen LogP contribution in [0, 0.1) is 23.7 Å². The number of benzene rings is 1. The molecule has 0 N–H and O–H groups in total. The zero-order valence-electron chi connectivity index (χ0n) is 31.4. The molecule has 4 aliphatic rings. The lowest BCUT2D eigenvalue weighted by atomic mass is 9.75. The quantitative estimate of drug-likeness (QED) is 0.138. The molecule has 0 radical (unpaired) electrons. The average Bonchev–Trinajstić information content (AvgIpc) is 3.84. The van der Waals surface area contributed by atoms with Gasteiger partial charge in [0.25, 0.3) is 0 Å². The molecule has 4 fully saturated rings. The second kappa shape index (κ2) is 18.9. The summed E-state index contributed by atoms with van der Waals surface area (Å²) in [5, 5.41) is -0.101. The molecule has 57 heavy (non-hydrogen) atoms. The number of hydrogen-bond acceptors (Lipinski definition) is 13. The van der Waals surface area contributed by atoms with Crippen molar-refractivity contribution in [3.63, 3.8) is 0 Å². The number of carbonyl (C=O) groups excluding carboxylic acids is 6. The van der Waals surface area contributed by atoms with Crippen LogP contribution in [0.4, 0.5) is 13.2 Å². The topological polar surface area (TPSA) is 186 Å². The number of nitrogens with zero attached hydrogens (tertiary/aromatic N) is 1. The summed E-state index contributed by atoms with van der Waals surface area (Å²) in [6.45, 7) is 0.748. The van der Waals surface area contributed by atoms with Crippen LogP contribution in [-0.4, -0.2) is 94.0 Å². The minimum atomic E-state index is -4.70. The molecule has 0 amide bonds. The monoisotopic (exact) mass is 841 g/mol. The SMILES string of the molecule is COCCOCc1nc(C(F)(F)F)ccc1C(=O)C1C(=O)C2CCC(C2)C1=O.CS(=O)(=O)c1ccc(C(=O)C2C(=O)CCCC2=O)c(Cl)c1COCC1CCCO1. The van der Waals surface area contributed by atoms with E-state index in [4.69, 9.17) is 30.5 Å². The zero-order chi connectivity index (χ0) is 41.7. The largest absolute Gasteiger partial charge is 0.433 e. The highest BCUT2D eigenvalue weighted by atomic mass is 35.5. The van der Waals surface area contributed by atoms with E-state index in [1.54, 1.807) is 0 Å². The normalized spacial score (nSPS) is 22.8. The molecule has 6 rings (SSSR count). The number of methoxy groups -OCH3 is 1. The summed E-state index contributed by atoms with van der Waals surface area (Å²) in [4.78, 5) is 78.7. The first-order chi connectivity index (χ1) is 26.9. The van der Waals surface area contributed by atoms with Gasteiger partial charge in [-0.3, -0.25) is 28.8 Å². The number of carbonyl (C=O) groups is 6. The minimum Gasteiger partial charge on any atom is -0.382 e. The number of halogens is 4. The number of Topliss-reactive ketones (excluding diaryl/α,β-unsaturated/α-hetero) is 6. The van der Waals surface area contributed by atoms with E-state index in [1.807, 2.05) is 0 Å². The van der Waals surface area contributed by atoms with E-state index >= 15 is 0 Å². The molecule has 1 aromatic carbocycles. The van der Waals surface area contributed by atoms with Gasteiger partial charge in [0, 0.05) is 61.3 Å². The maximum absolute atomic E-state index is 13.0. The van der Waals surface area contributed by atoms with E-state index in [0.29, 0.717) is 38.4 Å². The predicted molar refractivity (Wildman–Crippen MR) is 194 cm³/mol. The summed E-state index contributed by atoms with van der Waals surface area (Å²) in [6, 6.07) is 4.19. The second-order valence-electron chi connectivity index (χ2n) is 14.5. The molecule has 3 aliphatic carbocycles. The summed E-state index contributed by atoms with van der Waals surface area (Å²) >= 11 is 6.41. The van der Waals surface area contributed by atoms with Crippen molar-refractivity contribution < 1.29 is 69.3 Å². The average molecular weight is 842 g/mol. The van der Waals surface area contributed by atoms with Crippen molar-refractivity contribution in [2.24, 2.45) is 23.7 Å². The lowest BCUT2D eigenvalue weighted by Gasteiger charge is -2.25. The van der Waals surface area contributed by atoms with Crippen LogP contribution in [0.3, 0.4) is 0 Å². The number of alkyl halides is 3. The molecule has 18 heteroatoms. The molecular weight excluding hydrogens is 799 g/mol. The van der Waals surface area contributed by atoms with Crippen molar-refractivity contribution in [3.8, 4) is 0 Å². The number of hydrogen-bond donors (Lipinski definition) is 0. The summed E-state index contributed by atoms with van der Waals surface area (Å²) in [6.07, 6.45) is 0.442. The number of ether oxygens (including phenoxy) is 4. The van der Waals surface area contributed by atoms with Crippen molar-refractivity contribution in [2.45, 2.75) is 81.8 Å². The highest BCUT2D eigenvalue weighted by Crippen LogP contribution is 2.42. The Kier molecular flexibility index (Phi) is 14.7. The number of fused-ring (bicyclic) bond motifs is 2. The second-order valence-corrected chi connectivity index (χ2v) is 16.8. The van der Waals surface area contributed by atoms with Crippen LogP contribution in [-0.2, 0) is 67.4 Å². The van der Waals surface area contributed by atoms with E-state index < -0.39 is 68.2 Å². The van der Waals surface area contributed by atoms with Gasteiger partial charge < -0.3 is 18.9 Å². The molecule has 3 atom stereocenters. The highest BCUT2D eigenvalue weighted by Gasteiger charge is 2.50. The molecule has 13 nitrogen and oxygen atoms in total. The Hall–Kier alpha value is -3.74. The van der Waals surface area contributed by atoms with E-state index in [1.165, 1.54) is 19.2 Å². The van der Waals surface area contributed by atoms with Crippen LogP contribution in [0.1, 0.15) is 89.0 Å². The smallest absolute Gasteiger partial charge is 0.382 e. The minimum absolute atomic E-state index is 0.0385. The van der Waals surface area contributed by atoms with Gasteiger partial charge in [-0.1, -0.05) is 11.6 Å². The predicted octanol–water partition coefficient (Wildman–Crippen LogP) is 5.19. The molecule has 0 spiro atoms. The number of aromatic nitrogens is 1. The van der Waals surface area contributed by atoms with Gasteiger partial charge >= 0.3 is 6.18 Å². The maximum atomic E-state index is 13.0. The Morgan fingerprint density at radius 3 is 2.07 bits per heavy atom. The Morgan fingerprint density at radius 2 is 1.49 bits per heavy atom. The first-order valence-electron chi connectivity index (χ1n) is 18.5. The Bertz CT molecular complexity index is 1980. The van der Waals surface area contributed by atoms with Gasteiger partial charge in [-0.05, 0) is 62.8 Å². The molecule has 2 aromatic rings. The van der Waals surface area contributed by atoms with Crippen LogP contribution in [0.15, 0.2) is 29.2 Å². The lowest BCUT2D eigenvalue weighted by molar-refractivity contribution is -0.141. The third-order valence-corrected chi connectivity index (χ3v) is 12.1. The van der Waals surface area contributed by atoms with Crippen LogP contribution in [0.5, 0.6) is 0 Å². The fraction of sp³-hybridized carbons (Fsp3) is 0.564. The maximum Gasteiger partial charge on any atom is 0.433 e. The van der Waals surface area contributed by atoms with E-state index in [0.717, 1.165) is 25.2 Å². The summed E-state index contributed by atoms with van der Waals surface area (Å²) < 4.78 is 84.6. The van der Waals surface area contributed by atoms with Crippen LogP contribution < -0.4 is 0 Å². The van der Waals surface area contributed by atoms with Gasteiger partial charge in [-0.25, -0.2) is 13.4 Å². The molecule has 2 bridgehead atoms. The van der Waals surface area contributed by atoms with Crippen LogP contribution in [0.25, 0.3) is 0 Å². The van der Waals surface area contributed by atoms with Crippen molar-refractivity contribution in [3.05, 3.63) is 57.4 Å². The van der Waals surface area contributed by atoms with Crippen molar-refractivity contribution in [2.75, 3.05) is 39.8 Å². The Morgan fingerprint density at radius 1 is 0.860 bits per heavy atom. The molecule has 1 aliphatic heterocycles. The molecule has 1 saturated heterocycles. The lowest BCUT2D eigenvalue weighted by Crippen LogP contribution is -2.42. The summed E-state index contributed by atoms with van der Waals surface area (Å²) in [5.41, 5.74) is -1.49. The van der Waals surface area contributed by atoms with Gasteiger partial charge in [-0.15, -0.1) is 0 Å². The van der Waals surface area contributed by atoms with E-state index in [-0.39, 0.29) is 96.1 Å². The van der Waals surface area contributed by atoms with Gasteiger partial charge in [-0.2, -0.15) is 13.2 Å². The fourth-order valence-electron chi connectivity index (χ4n) is 7.53. The van der Waals surface area contributed by atoms with Crippen molar-refractivity contribution >= 4 is 56.1 Å². The summed E-state index contributed by atoms with van der Waals surface area (Å²) in [7, 11) is -2.20.